The monoisotopic (exact) mass is 601 g/mol. The van der Waals surface area contributed by atoms with Gasteiger partial charge >= 0.3 is 0 Å². The Kier molecular flexibility index (Phi) is 7.49. The van der Waals surface area contributed by atoms with Crippen molar-refractivity contribution in [3.8, 4) is 0 Å². The number of rotatable bonds is 10. The summed E-state index contributed by atoms with van der Waals surface area (Å²) in [7, 11) is 0. The summed E-state index contributed by atoms with van der Waals surface area (Å²) in [4.78, 5) is 40.7. The van der Waals surface area contributed by atoms with E-state index in [9.17, 15) is 14.4 Å². The molecule has 218 valence electrons. The molecule has 4 aromatic carbocycles. The maximum absolute atomic E-state index is 13.2. The molecule has 9 nitrogen and oxygen atoms in total. The van der Waals surface area contributed by atoms with Crippen molar-refractivity contribution in [3.05, 3.63) is 130 Å². The van der Waals surface area contributed by atoms with E-state index in [-0.39, 0.29) is 23.9 Å². The highest BCUT2D eigenvalue weighted by atomic mass is 32.2. The summed E-state index contributed by atoms with van der Waals surface area (Å²) in [5, 5.41) is 16.5. The van der Waals surface area contributed by atoms with Gasteiger partial charge in [0.05, 0.1) is 11.1 Å². The first-order valence-corrected chi connectivity index (χ1v) is 15.4. The largest absolute Gasteiger partial charge is 0.416 e. The van der Waals surface area contributed by atoms with E-state index < -0.39 is 0 Å². The van der Waals surface area contributed by atoms with Gasteiger partial charge in [0.1, 0.15) is 0 Å². The van der Waals surface area contributed by atoms with Gasteiger partial charge in [-0.05, 0) is 35.6 Å². The summed E-state index contributed by atoms with van der Waals surface area (Å²) in [6.07, 6.45) is 1.69. The normalized spacial score (nSPS) is 12.9. The fraction of sp³-hybridized carbons (Fsp3) is 0.176. The molecular weight excluding hydrogens is 574 g/mol. The van der Waals surface area contributed by atoms with Crippen molar-refractivity contribution in [1.29, 1.82) is 0 Å². The molecule has 1 aliphatic rings. The van der Waals surface area contributed by atoms with Crippen LogP contribution in [0.5, 0.6) is 0 Å². The summed E-state index contributed by atoms with van der Waals surface area (Å²) in [6, 6.07) is 28.7. The van der Waals surface area contributed by atoms with Gasteiger partial charge in [-0.3, -0.25) is 19.3 Å². The molecular formula is C34H27N5O4S. The zero-order valence-electron chi connectivity index (χ0n) is 23.7. The molecule has 6 aromatic rings. The lowest BCUT2D eigenvalue weighted by Gasteiger charge is -2.26. The van der Waals surface area contributed by atoms with E-state index in [1.165, 1.54) is 21.3 Å². The van der Waals surface area contributed by atoms with Gasteiger partial charge in [-0.25, -0.2) is 4.68 Å². The maximum Gasteiger partial charge on any atom is 0.276 e. The number of carbonyl (C=O) groups excluding carboxylic acids is 2. The highest BCUT2D eigenvalue weighted by Crippen LogP contribution is 2.30. The molecule has 0 unspecified atom stereocenters. The average molecular weight is 602 g/mol. The van der Waals surface area contributed by atoms with Crippen LogP contribution in [0.4, 0.5) is 0 Å². The van der Waals surface area contributed by atoms with Crippen molar-refractivity contribution in [2.24, 2.45) is 0 Å². The molecule has 0 radical (unpaired) electrons. The number of nitrogens with zero attached hydrogens (tertiary/aromatic N) is 5. The van der Waals surface area contributed by atoms with Crippen LogP contribution in [0.25, 0.3) is 21.5 Å². The van der Waals surface area contributed by atoms with Crippen LogP contribution in [0.3, 0.4) is 0 Å². The first kappa shape index (κ1) is 27.7. The van der Waals surface area contributed by atoms with Crippen LogP contribution in [-0.2, 0) is 19.4 Å². The summed E-state index contributed by atoms with van der Waals surface area (Å²) in [5.74, 6) is 0.278. The lowest BCUT2D eigenvalue weighted by atomic mass is 9.94. The fourth-order valence-electron chi connectivity index (χ4n) is 5.66. The van der Waals surface area contributed by atoms with E-state index in [0.29, 0.717) is 64.6 Å². The number of imide groups is 1. The number of amides is 2. The van der Waals surface area contributed by atoms with Crippen LogP contribution in [0.15, 0.2) is 105 Å². The van der Waals surface area contributed by atoms with E-state index in [1.807, 2.05) is 66.7 Å². The third-order valence-corrected chi connectivity index (χ3v) is 8.56. The molecule has 44 heavy (non-hydrogen) atoms. The third kappa shape index (κ3) is 5.28. The number of carbonyl (C=O) groups is 2. The van der Waals surface area contributed by atoms with Crippen LogP contribution in [-0.4, -0.2) is 49.0 Å². The van der Waals surface area contributed by atoms with E-state index in [0.717, 1.165) is 22.0 Å². The Hall–Kier alpha value is -5.09. The first-order valence-electron chi connectivity index (χ1n) is 14.4. The van der Waals surface area contributed by atoms with Crippen molar-refractivity contribution < 1.29 is 14.0 Å². The van der Waals surface area contributed by atoms with E-state index in [1.54, 1.807) is 12.1 Å². The Morgan fingerprint density at radius 1 is 0.727 bits per heavy atom. The highest BCUT2D eigenvalue weighted by molar-refractivity contribution is 7.99. The summed E-state index contributed by atoms with van der Waals surface area (Å²) < 4.78 is 7.34. The molecule has 10 heteroatoms. The quantitative estimate of drug-likeness (QED) is 0.149. The van der Waals surface area contributed by atoms with Crippen molar-refractivity contribution in [1.82, 2.24) is 24.9 Å². The van der Waals surface area contributed by atoms with Crippen molar-refractivity contribution in [3.63, 3.8) is 0 Å². The van der Waals surface area contributed by atoms with Crippen LogP contribution in [0, 0.1) is 0 Å². The van der Waals surface area contributed by atoms with Crippen LogP contribution >= 0.6 is 11.8 Å². The second-order valence-electron chi connectivity index (χ2n) is 10.6. The molecule has 0 bridgehead atoms. The Morgan fingerprint density at radius 3 is 2.18 bits per heavy atom. The minimum absolute atomic E-state index is 0.125. The molecule has 0 aliphatic carbocycles. The van der Waals surface area contributed by atoms with Gasteiger partial charge in [0.2, 0.25) is 5.89 Å². The van der Waals surface area contributed by atoms with Gasteiger partial charge in [0, 0.05) is 53.6 Å². The molecule has 0 saturated heterocycles. The van der Waals surface area contributed by atoms with Gasteiger partial charge in [0.15, 0.2) is 0 Å². The Balaban J connectivity index is 0.976. The second-order valence-corrected chi connectivity index (χ2v) is 11.6. The maximum atomic E-state index is 13.2. The average Bonchev–Trinajstić information content (AvgIpc) is 3.51. The van der Waals surface area contributed by atoms with E-state index in [2.05, 4.69) is 22.3 Å². The van der Waals surface area contributed by atoms with E-state index in [4.69, 9.17) is 9.52 Å². The molecule has 7 rings (SSSR count). The fourth-order valence-corrected chi connectivity index (χ4v) is 6.36. The second kappa shape index (κ2) is 11.9. The predicted octanol–water partition coefficient (Wildman–Crippen LogP) is 5.54. The summed E-state index contributed by atoms with van der Waals surface area (Å²) in [6.45, 7) is 0.621. The van der Waals surface area contributed by atoms with Gasteiger partial charge in [-0.1, -0.05) is 84.6 Å². The number of fused-ring (bicyclic) bond motifs is 1. The van der Waals surface area contributed by atoms with Gasteiger partial charge in [-0.15, -0.1) is 10.2 Å². The van der Waals surface area contributed by atoms with Crippen molar-refractivity contribution in [2.45, 2.75) is 31.0 Å². The molecule has 2 amide bonds. The smallest absolute Gasteiger partial charge is 0.276 e. The molecule has 0 spiro atoms. The zero-order chi connectivity index (χ0) is 30.0. The minimum Gasteiger partial charge on any atom is -0.416 e. The van der Waals surface area contributed by atoms with Gasteiger partial charge < -0.3 is 4.42 Å². The Labute approximate surface area is 256 Å². The van der Waals surface area contributed by atoms with E-state index >= 15 is 0 Å². The summed E-state index contributed by atoms with van der Waals surface area (Å²) in [5.41, 5.74) is 2.93. The number of thioether (sulfide) groups is 1. The number of hydrogen-bond donors (Lipinski definition) is 0. The lowest BCUT2D eigenvalue weighted by molar-refractivity contribution is 0.0621. The molecule has 0 N–H and O–H groups in total. The first-order chi connectivity index (χ1) is 21.6. The van der Waals surface area contributed by atoms with Crippen molar-refractivity contribution in [2.75, 3.05) is 12.3 Å². The minimum atomic E-state index is -0.296. The lowest BCUT2D eigenvalue weighted by Crippen LogP contribution is -2.41. The topological polar surface area (TPSA) is 111 Å². The molecule has 0 atom stereocenters. The SMILES string of the molecule is O=C1c2cccc3cccc(c23)C(=O)N1CCSc1nnc(CCCn2nc(Cc3ccccc3)c3ccccc3c2=O)o1. The Bertz CT molecular complexity index is 2040. The standard InChI is InChI=1S/C34H27N5O4S/c40-31-26-15-6-11-23-12-7-16-27(30(23)26)32(41)38(31)19-20-44-34-36-35-29(43-34)17-8-18-39-33(42)25-14-5-4-13-24(25)28(37-39)21-22-9-2-1-3-10-22/h1-7,9-16H,8,17-21H2. The van der Waals surface area contributed by atoms with Crippen molar-refractivity contribution >= 4 is 45.1 Å². The molecule has 3 heterocycles. The number of aromatic nitrogens is 4. The van der Waals surface area contributed by atoms with Crippen LogP contribution in [0.1, 0.15) is 44.3 Å². The van der Waals surface area contributed by atoms with Crippen LogP contribution < -0.4 is 5.56 Å². The zero-order valence-corrected chi connectivity index (χ0v) is 24.5. The number of benzene rings is 4. The van der Waals surface area contributed by atoms with Crippen LogP contribution in [0.2, 0.25) is 0 Å². The molecule has 1 aliphatic heterocycles. The highest BCUT2D eigenvalue weighted by Gasteiger charge is 2.32. The Morgan fingerprint density at radius 2 is 1.43 bits per heavy atom. The third-order valence-electron chi connectivity index (χ3n) is 7.76. The number of hydrogen-bond acceptors (Lipinski definition) is 8. The van der Waals surface area contributed by atoms with Gasteiger partial charge in [0.25, 0.3) is 22.6 Å². The predicted molar refractivity (Wildman–Crippen MR) is 168 cm³/mol. The number of aryl methyl sites for hydroxylation is 2. The summed E-state index contributed by atoms with van der Waals surface area (Å²) >= 11 is 1.30. The molecule has 2 aromatic heterocycles. The molecule has 0 fully saturated rings. The van der Waals surface area contributed by atoms with Gasteiger partial charge in [-0.2, -0.15) is 5.10 Å². The molecule has 0 saturated carbocycles.